The van der Waals surface area contributed by atoms with E-state index in [1.165, 1.54) is 0 Å². The minimum Gasteiger partial charge on any atom is -0.493 e. The van der Waals surface area contributed by atoms with Crippen LogP contribution in [0.1, 0.15) is 6.92 Å². The summed E-state index contributed by atoms with van der Waals surface area (Å²) in [5.41, 5.74) is 0. The van der Waals surface area contributed by atoms with Crippen LogP contribution in [0.4, 0.5) is 0 Å². The van der Waals surface area contributed by atoms with E-state index in [-0.39, 0.29) is 0 Å². The van der Waals surface area contributed by atoms with Gasteiger partial charge in [0.25, 0.3) is 0 Å². The van der Waals surface area contributed by atoms with Crippen molar-refractivity contribution in [2.24, 2.45) is 5.92 Å². The van der Waals surface area contributed by atoms with Gasteiger partial charge in [-0.3, -0.25) is 0 Å². The molecule has 1 aromatic rings. The summed E-state index contributed by atoms with van der Waals surface area (Å²) < 4.78 is 6.70. The molecule has 0 spiro atoms. The molecule has 0 saturated heterocycles. The number of ether oxygens (including phenoxy) is 1. The van der Waals surface area contributed by atoms with Gasteiger partial charge in [0, 0.05) is 4.43 Å². The first-order chi connectivity index (χ1) is 5.83. The minimum atomic E-state index is 0.630. The van der Waals surface area contributed by atoms with E-state index < -0.39 is 0 Å². The summed E-state index contributed by atoms with van der Waals surface area (Å²) in [5, 5.41) is 0. The van der Waals surface area contributed by atoms with Crippen molar-refractivity contribution in [3.63, 3.8) is 0 Å². The van der Waals surface area contributed by atoms with Crippen LogP contribution in [-0.2, 0) is 0 Å². The molecule has 0 amide bonds. The van der Waals surface area contributed by atoms with Crippen molar-refractivity contribution in [3.05, 3.63) is 30.3 Å². The van der Waals surface area contributed by atoms with Gasteiger partial charge in [0.1, 0.15) is 5.75 Å². The highest BCUT2D eigenvalue weighted by Gasteiger charge is 1.99. The highest BCUT2D eigenvalue weighted by atomic mass is 127. The summed E-state index contributed by atoms with van der Waals surface area (Å²) >= 11 is 2.38. The van der Waals surface area contributed by atoms with Crippen LogP contribution in [0.15, 0.2) is 30.3 Å². The second-order valence-electron chi connectivity index (χ2n) is 2.88. The van der Waals surface area contributed by atoms with Gasteiger partial charge in [-0.1, -0.05) is 47.7 Å². The van der Waals surface area contributed by atoms with Crippen LogP contribution in [0.3, 0.4) is 0 Å². The second kappa shape index (κ2) is 5.41. The lowest BCUT2D eigenvalue weighted by molar-refractivity contribution is 0.275. The lowest BCUT2D eigenvalue weighted by Gasteiger charge is -2.09. The summed E-state index contributed by atoms with van der Waals surface area (Å²) in [6.45, 7) is 3.00. The van der Waals surface area contributed by atoms with E-state index in [2.05, 4.69) is 29.5 Å². The number of rotatable bonds is 4. The lowest BCUT2D eigenvalue weighted by atomic mass is 10.2. The van der Waals surface area contributed by atoms with Gasteiger partial charge in [-0.2, -0.15) is 0 Å². The molecule has 0 aliphatic rings. The van der Waals surface area contributed by atoms with Crippen molar-refractivity contribution >= 4 is 22.6 Å². The minimum absolute atomic E-state index is 0.630. The Morgan fingerprint density at radius 3 is 2.58 bits per heavy atom. The maximum atomic E-state index is 5.55. The quantitative estimate of drug-likeness (QED) is 0.606. The normalized spacial score (nSPS) is 12.5. The zero-order valence-corrected chi connectivity index (χ0v) is 9.32. The van der Waals surface area contributed by atoms with Crippen molar-refractivity contribution in [2.45, 2.75) is 6.92 Å². The Kier molecular flexibility index (Phi) is 4.43. The molecule has 1 aromatic carbocycles. The molecule has 1 atom stereocenters. The lowest BCUT2D eigenvalue weighted by Crippen LogP contribution is -2.09. The van der Waals surface area contributed by atoms with Gasteiger partial charge >= 0.3 is 0 Å². The molecule has 2 heteroatoms. The Morgan fingerprint density at radius 1 is 1.33 bits per heavy atom. The fraction of sp³-hybridized carbons (Fsp3) is 0.400. The van der Waals surface area contributed by atoms with Crippen LogP contribution in [0, 0.1) is 5.92 Å². The van der Waals surface area contributed by atoms with E-state index in [0.29, 0.717) is 5.92 Å². The van der Waals surface area contributed by atoms with Crippen molar-refractivity contribution in [1.82, 2.24) is 0 Å². The van der Waals surface area contributed by atoms with E-state index in [1.54, 1.807) is 0 Å². The standard InChI is InChI=1S/C10H13IO/c1-9(7-11)8-12-10-5-3-2-4-6-10/h2-6,9H,7-8H2,1H3. The molecule has 0 aliphatic heterocycles. The predicted molar refractivity (Wildman–Crippen MR) is 60.0 cm³/mol. The van der Waals surface area contributed by atoms with Crippen molar-refractivity contribution in [1.29, 1.82) is 0 Å². The first-order valence-corrected chi connectivity index (χ1v) is 5.59. The number of hydrogen-bond donors (Lipinski definition) is 0. The molecule has 1 unspecified atom stereocenters. The molecule has 1 nitrogen and oxygen atoms in total. The summed E-state index contributed by atoms with van der Waals surface area (Å²) in [5.74, 6) is 1.60. The van der Waals surface area contributed by atoms with Gasteiger partial charge in [0.15, 0.2) is 0 Å². The molecule has 0 N–H and O–H groups in total. The Hall–Kier alpha value is -0.250. The third-order valence-corrected chi connectivity index (χ3v) is 3.04. The van der Waals surface area contributed by atoms with Crippen LogP contribution in [0.5, 0.6) is 5.75 Å². The third kappa shape index (κ3) is 3.43. The average Bonchev–Trinajstić information content (AvgIpc) is 2.16. The number of hydrogen-bond acceptors (Lipinski definition) is 1. The van der Waals surface area contributed by atoms with E-state index in [9.17, 15) is 0 Å². The zero-order valence-electron chi connectivity index (χ0n) is 7.16. The maximum Gasteiger partial charge on any atom is 0.119 e. The van der Waals surface area contributed by atoms with Crippen LogP contribution in [-0.4, -0.2) is 11.0 Å². The molecular weight excluding hydrogens is 263 g/mol. The van der Waals surface area contributed by atoms with Gasteiger partial charge in [-0.15, -0.1) is 0 Å². The third-order valence-electron chi connectivity index (χ3n) is 1.54. The smallest absolute Gasteiger partial charge is 0.119 e. The maximum absolute atomic E-state index is 5.55. The Balaban J connectivity index is 2.33. The highest BCUT2D eigenvalue weighted by Crippen LogP contribution is 2.10. The molecule has 0 saturated carbocycles. The number of halogens is 1. The van der Waals surface area contributed by atoms with Crippen molar-refractivity contribution < 1.29 is 4.74 Å². The summed E-state index contributed by atoms with van der Waals surface area (Å²) in [7, 11) is 0. The molecule has 66 valence electrons. The Bertz CT molecular complexity index is 210. The molecule has 0 fully saturated rings. The molecular formula is C10H13IO. The van der Waals surface area contributed by atoms with Crippen LogP contribution in [0.25, 0.3) is 0 Å². The van der Waals surface area contributed by atoms with E-state index in [1.807, 2.05) is 30.3 Å². The SMILES string of the molecule is CC(CI)COc1ccccc1. The van der Waals surface area contributed by atoms with E-state index in [0.717, 1.165) is 16.8 Å². The molecule has 1 rings (SSSR count). The Labute approximate surface area is 87.3 Å². The van der Waals surface area contributed by atoms with Gasteiger partial charge in [0.2, 0.25) is 0 Å². The van der Waals surface area contributed by atoms with E-state index >= 15 is 0 Å². The fourth-order valence-corrected chi connectivity index (χ4v) is 1.05. The summed E-state index contributed by atoms with van der Waals surface area (Å²) in [6, 6.07) is 9.95. The van der Waals surface area contributed by atoms with Crippen LogP contribution >= 0.6 is 22.6 Å². The second-order valence-corrected chi connectivity index (χ2v) is 3.76. The largest absolute Gasteiger partial charge is 0.493 e. The molecule has 0 radical (unpaired) electrons. The number of benzene rings is 1. The molecule has 0 aromatic heterocycles. The molecule has 12 heavy (non-hydrogen) atoms. The van der Waals surface area contributed by atoms with Gasteiger partial charge in [-0.25, -0.2) is 0 Å². The van der Waals surface area contributed by atoms with Crippen LogP contribution < -0.4 is 4.74 Å². The van der Waals surface area contributed by atoms with Gasteiger partial charge in [0.05, 0.1) is 6.61 Å². The summed E-state index contributed by atoms with van der Waals surface area (Å²) in [6.07, 6.45) is 0. The van der Waals surface area contributed by atoms with E-state index in [4.69, 9.17) is 4.74 Å². The Morgan fingerprint density at radius 2 is 2.00 bits per heavy atom. The molecule has 0 heterocycles. The first kappa shape index (κ1) is 9.84. The topological polar surface area (TPSA) is 9.23 Å². The fourth-order valence-electron chi connectivity index (χ4n) is 0.800. The molecule has 0 bridgehead atoms. The van der Waals surface area contributed by atoms with Crippen molar-refractivity contribution in [3.8, 4) is 5.75 Å². The average molecular weight is 276 g/mol. The van der Waals surface area contributed by atoms with Crippen LogP contribution in [0.2, 0.25) is 0 Å². The first-order valence-electron chi connectivity index (χ1n) is 4.06. The number of para-hydroxylation sites is 1. The monoisotopic (exact) mass is 276 g/mol. The van der Waals surface area contributed by atoms with Crippen molar-refractivity contribution in [2.75, 3.05) is 11.0 Å². The predicted octanol–water partition coefficient (Wildman–Crippen LogP) is 3.14. The van der Waals surface area contributed by atoms with Gasteiger partial charge < -0.3 is 4.74 Å². The summed E-state index contributed by atoms with van der Waals surface area (Å²) in [4.78, 5) is 0. The van der Waals surface area contributed by atoms with Gasteiger partial charge in [-0.05, 0) is 18.1 Å². The molecule has 0 aliphatic carbocycles. The number of alkyl halides is 1. The zero-order chi connectivity index (χ0) is 8.81. The highest BCUT2D eigenvalue weighted by molar-refractivity contribution is 14.1.